The lowest BCUT2D eigenvalue weighted by Crippen LogP contribution is -2.29. The Kier molecular flexibility index (Phi) is 3.90. The number of hydrogen-bond acceptors (Lipinski definition) is 4. The van der Waals surface area contributed by atoms with E-state index in [1.807, 2.05) is 24.3 Å². The van der Waals surface area contributed by atoms with Crippen molar-refractivity contribution in [1.82, 2.24) is 4.98 Å². The lowest BCUT2D eigenvalue weighted by atomic mass is 9.86. The minimum Gasteiger partial charge on any atom is -0.481 e. The Morgan fingerprint density at radius 1 is 1.19 bits per heavy atom. The van der Waals surface area contributed by atoms with Crippen LogP contribution in [-0.2, 0) is 4.79 Å². The first kappa shape index (κ1) is 13.7. The molecule has 1 heterocycles. The smallest absolute Gasteiger partial charge is 0.306 e. The third-order valence-electron chi connectivity index (χ3n) is 4.05. The van der Waals surface area contributed by atoms with Crippen molar-refractivity contribution in [2.24, 2.45) is 5.92 Å². The second-order valence-electron chi connectivity index (χ2n) is 5.47. The number of aliphatic carboxylic acids is 1. The maximum Gasteiger partial charge on any atom is 0.306 e. The summed E-state index contributed by atoms with van der Waals surface area (Å²) in [6, 6.07) is 8.37. The molecule has 0 radical (unpaired) electrons. The number of carboxylic acids is 1. The fourth-order valence-electron chi connectivity index (χ4n) is 2.81. The van der Waals surface area contributed by atoms with Crippen molar-refractivity contribution in [3.05, 3.63) is 36.9 Å². The van der Waals surface area contributed by atoms with Gasteiger partial charge in [0.15, 0.2) is 12.2 Å². The molecule has 0 bridgehead atoms. The number of nitrogens with zero attached hydrogens (tertiary/aromatic N) is 1. The third-order valence-corrected chi connectivity index (χ3v) is 4.05. The molecule has 5 heteroatoms. The van der Waals surface area contributed by atoms with Crippen LogP contribution in [0.1, 0.15) is 25.7 Å². The fourth-order valence-corrected chi connectivity index (χ4v) is 2.81. The van der Waals surface area contributed by atoms with Crippen LogP contribution in [0.3, 0.4) is 0 Å². The summed E-state index contributed by atoms with van der Waals surface area (Å²) in [4.78, 5) is 14.8. The summed E-state index contributed by atoms with van der Waals surface area (Å²) in [5.41, 5.74) is 2.05. The number of carboxylic acid groups (broad SMARTS) is 1. The van der Waals surface area contributed by atoms with Gasteiger partial charge in [-0.05, 0) is 49.9 Å². The summed E-state index contributed by atoms with van der Waals surface area (Å²) >= 11 is 0. The maximum absolute atomic E-state index is 10.9. The molecule has 110 valence electrons. The van der Waals surface area contributed by atoms with Gasteiger partial charge in [-0.15, -0.1) is 0 Å². The first-order valence-electron chi connectivity index (χ1n) is 7.20. The van der Waals surface area contributed by atoms with Crippen molar-refractivity contribution in [1.29, 1.82) is 0 Å². The van der Waals surface area contributed by atoms with Gasteiger partial charge in [-0.25, -0.2) is 4.98 Å². The average Bonchev–Trinajstić information content (AvgIpc) is 3.03. The zero-order chi connectivity index (χ0) is 14.7. The van der Waals surface area contributed by atoms with Gasteiger partial charge in [0.25, 0.3) is 0 Å². The predicted octanol–water partition coefficient (Wildman–Crippen LogP) is 3.40. The van der Waals surface area contributed by atoms with E-state index >= 15 is 0 Å². The molecule has 3 rings (SSSR count). The van der Waals surface area contributed by atoms with Crippen molar-refractivity contribution in [2.75, 3.05) is 5.32 Å². The highest BCUT2D eigenvalue weighted by atomic mass is 16.4. The fraction of sp³-hybridized carbons (Fsp3) is 0.375. The SMILES string of the molecule is O=C(O)C1CCC(Nc2ccc(-c3cnco3)cc2)CC1. The van der Waals surface area contributed by atoms with Gasteiger partial charge in [0, 0.05) is 17.3 Å². The van der Waals surface area contributed by atoms with E-state index in [2.05, 4.69) is 10.3 Å². The van der Waals surface area contributed by atoms with Gasteiger partial charge in [-0.3, -0.25) is 4.79 Å². The normalized spacial score (nSPS) is 21.9. The second-order valence-corrected chi connectivity index (χ2v) is 5.47. The van der Waals surface area contributed by atoms with E-state index in [0.29, 0.717) is 6.04 Å². The molecule has 0 amide bonds. The van der Waals surface area contributed by atoms with Crippen molar-refractivity contribution in [3.63, 3.8) is 0 Å². The standard InChI is InChI=1S/C16H18N2O3/c19-16(20)12-3-7-14(8-4-12)18-13-5-1-11(2-6-13)15-9-17-10-21-15/h1-2,5-6,9-10,12,14,18H,3-4,7-8H2,(H,19,20). The van der Waals surface area contributed by atoms with E-state index < -0.39 is 5.97 Å². The first-order valence-corrected chi connectivity index (χ1v) is 7.20. The van der Waals surface area contributed by atoms with Gasteiger partial charge in [0.1, 0.15) is 0 Å². The van der Waals surface area contributed by atoms with Crippen LogP contribution in [0.2, 0.25) is 0 Å². The summed E-state index contributed by atoms with van der Waals surface area (Å²) in [7, 11) is 0. The summed E-state index contributed by atoms with van der Waals surface area (Å²) in [5, 5.41) is 12.5. The highest BCUT2D eigenvalue weighted by molar-refractivity contribution is 5.70. The molecule has 0 spiro atoms. The second kappa shape index (κ2) is 5.99. The molecule has 2 N–H and O–H groups in total. The van der Waals surface area contributed by atoms with Gasteiger partial charge in [-0.2, -0.15) is 0 Å². The zero-order valence-corrected chi connectivity index (χ0v) is 11.7. The molecule has 5 nitrogen and oxygen atoms in total. The molecular formula is C16H18N2O3. The number of hydrogen-bond donors (Lipinski definition) is 2. The van der Waals surface area contributed by atoms with E-state index in [-0.39, 0.29) is 5.92 Å². The average molecular weight is 286 g/mol. The highest BCUT2D eigenvalue weighted by Crippen LogP contribution is 2.27. The molecule has 21 heavy (non-hydrogen) atoms. The topological polar surface area (TPSA) is 75.4 Å². The Morgan fingerprint density at radius 2 is 1.90 bits per heavy atom. The number of oxazole rings is 1. The Balaban J connectivity index is 1.58. The van der Waals surface area contributed by atoms with E-state index in [4.69, 9.17) is 9.52 Å². The van der Waals surface area contributed by atoms with Crippen LogP contribution in [-0.4, -0.2) is 22.1 Å². The zero-order valence-electron chi connectivity index (χ0n) is 11.7. The number of rotatable bonds is 4. The van der Waals surface area contributed by atoms with Crippen molar-refractivity contribution in [3.8, 4) is 11.3 Å². The lowest BCUT2D eigenvalue weighted by Gasteiger charge is -2.27. The molecule has 1 saturated carbocycles. The number of nitrogens with one attached hydrogen (secondary N) is 1. The van der Waals surface area contributed by atoms with E-state index in [1.54, 1.807) is 6.20 Å². The number of anilines is 1. The molecule has 2 aromatic rings. The monoisotopic (exact) mass is 286 g/mol. The Bertz CT molecular complexity index is 584. The third kappa shape index (κ3) is 3.24. The van der Waals surface area contributed by atoms with E-state index in [9.17, 15) is 4.79 Å². The van der Waals surface area contributed by atoms with Crippen LogP contribution < -0.4 is 5.32 Å². The van der Waals surface area contributed by atoms with Crippen molar-refractivity contribution < 1.29 is 14.3 Å². The molecule has 0 aliphatic heterocycles. The largest absolute Gasteiger partial charge is 0.481 e. The molecular weight excluding hydrogens is 268 g/mol. The molecule has 1 aliphatic carbocycles. The lowest BCUT2D eigenvalue weighted by molar-refractivity contribution is -0.142. The number of aromatic nitrogens is 1. The Labute approximate surface area is 123 Å². The minimum atomic E-state index is -0.662. The summed E-state index contributed by atoms with van der Waals surface area (Å²) < 4.78 is 5.26. The van der Waals surface area contributed by atoms with E-state index in [0.717, 1.165) is 42.7 Å². The quantitative estimate of drug-likeness (QED) is 0.901. The highest BCUT2D eigenvalue weighted by Gasteiger charge is 2.25. The van der Waals surface area contributed by atoms with E-state index in [1.165, 1.54) is 6.39 Å². The molecule has 1 aromatic carbocycles. The minimum absolute atomic E-state index is 0.170. The van der Waals surface area contributed by atoms with Crippen LogP contribution in [0, 0.1) is 5.92 Å². The van der Waals surface area contributed by atoms with Crippen LogP contribution >= 0.6 is 0 Å². The molecule has 0 saturated heterocycles. The molecule has 1 aromatic heterocycles. The summed E-state index contributed by atoms with van der Waals surface area (Å²) in [6.45, 7) is 0. The molecule has 1 aliphatic rings. The van der Waals surface area contributed by atoms with Crippen LogP contribution in [0.4, 0.5) is 5.69 Å². The van der Waals surface area contributed by atoms with Crippen molar-refractivity contribution >= 4 is 11.7 Å². The molecule has 1 fully saturated rings. The van der Waals surface area contributed by atoms with Gasteiger partial charge >= 0.3 is 5.97 Å². The summed E-state index contributed by atoms with van der Waals surface area (Å²) in [6.07, 6.45) is 6.42. The molecule has 0 unspecified atom stereocenters. The number of benzene rings is 1. The summed E-state index contributed by atoms with van der Waals surface area (Å²) in [5.74, 6) is -0.0785. The van der Waals surface area contributed by atoms with Crippen LogP contribution in [0.25, 0.3) is 11.3 Å². The van der Waals surface area contributed by atoms with Gasteiger partial charge < -0.3 is 14.8 Å². The predicted molar refractivity (Wildman–Crippen MR) is 78.9 cm³/mol. The van der Waals surface area contributed by atoms with Crippen molar-refractivity contribution in [2.45, 2.75) is 31.7 Å². The van der Waals surface area contributed by atoms with Crippen LogP contribution in [0.15, 0.2) is 41.3 Å². The first-order chi connectivity index (χ1) is 10.2. The number of carbonyl (C=O) groups is 1. The Hall–Kier alpha value is -2.30. The van der Waals surface area contributed by atoms with Gasteiger partial charge in [-0.1, -0.05) is 0 Å². The molecule has 0 atom stereocenters. The van der Waals surface area contributed by atoms with Crippen LogP contribution in [0.5, 0.6) is 0 Å². The Morgan fingerprint density at radius 3 is 2.48 bits per heavy atom. The van der Waals surface area contributed by atoms with Gasteiger partial charge in [0.2, 0.25) is 0 Å². The van der Waals surface area contributed by atoms with Gasteiger partial charge in [0.05, 0.1) is 12.1 Å². The maximum atomic E-state index is 10.9.